The molecule has 0 amide bonds. The van der Waals surface area contributed by atoms with Crippen molar-refractivity contribution in [3.8, 4) is 0 Å². The first-order chi connectivity index (χ1) is 41.6. The van der Waals surface area contributed by atoms with Crippen molar-refractivity contribution >= 4 is 5.97 Å². The molecule has 85 heavy (non-hydrogen) atoms. The summed E-state index contributed by atoms with van der Waals surface area (Å²) in [5.41, 5.74) is 0. The van der Waals surface area contributed by atoms with Crippen LogP contribution >= 0.6 is 0 Å². The Hall–Kier alpha value is -3.09. The van der Waals surface area contributed by atoms with E-state index in [1.165, 1.54) is 122 Å². The van der Waals surface area contributed by atoms with E-state index in [4.69, 9.17) is 28.4 Å². The first kappa shape index (κ1) is 78.0. The number of hydrogen-bond donors (Lipinski definition) is 7. The molecule has 7 N–H and O–H groups in total. The Morgan fingerprint density at radius 3 is 1.20 bits per heavy atom. The lowest BCUT2D eigenvalue weighted by molar-refractivity contribution is -0.332. The number of allylic oxidation sites excluding steroid dienone is 16. The predicted octanol–water partition coefficient (Wildman–Crippen LogP) is 14.1. The van der Waals surface area contributed by atoms with E-state index in [1.807, 2.05) is 0 Å². The quantitative estimate of drug-likeness (QED) is 0.0171. The van der Waals surface area contributed by atoms with E-state index in [2.05, 4.69) is 111 Å². The molecular weight excluding hydrogens is 1080 g/mol. The summed E-state index contributed by atoms with van der Waals surface area (Å²) in [6.07, 6.45) is 60.4. The largest absolute Gasteiger partial charge is 0.457 e. The third-order valence-corrected chi connectivity index (χ3v) is 15.6. The summed E-state index contributed by atoms with van der Waals surface area (Å²) >= 11 is 0. The maximum absolute atomic E-state index is 13.2. The van der Waals surface area contributed by atoms with Gasteiger partial charge in [0.25, 0.3) is 0 Å². The lowest BCUT2D eigenvalue weighted by Gasteiger charge is -2.42. The standard InChI is InChI=1S/C71H122O14/c1-3-5-7-9-11-13-15-17-19-21-23-25-27-29-31-33-35-37-39-41-43-45-47-49-51-53-55-80-57-60(58-81-70-69(79)67(77)65(75)62(85-70)59-82-71-68(78)66(76)64(74)61(56-72)84-71)83-63(73)54-52-50-48-46-44-42-40-38-36-34-32-30-28-26-24-22-20-18-16-14-12-10-8-6-4-2/h5,7,11,13,16-19,22-25,29,31,35,37,60-62,64-72,74-79H,3-4,6,8-10,12,14-15,20-21,26-28,30,32-34,36,38-59H2,1-2H3/b7-5-,13-11-,18-16-,19-17-,24-22-,25-23-,31-29-,37-35-. The van der Waals surface area contributed by atoms with Crippen molar-refractivity contribution in [2.45, 2.75) is 313 Å². The summed E-state index contributed by atoms with van der Waals surface area (Å²) in [5, 5.41) is 72.6. The maximum Gasteiger partial charge on any atom is 0.306 e. The fraction of sp³-hybridized carbons (Fsp3) is 0.761. The monoisotopic (exact) mass is 1200 g/mol. The number of rotatable bonds is 55. The third-order valence-electron chi connectivity index (χ3n) is 15.6. The van der Waals surface area contributed by atoms with Crippen molar-refractivity contribution in [2.75, 3.05) is 33.0 Å². The van der Waals surface area contributed by atoms with E-state index in [9.17, 15) is 40.5 Å². The fourth-order valence-electron chi connectivity index (χ4n) is 10.2. The topological polar surface area (TPSA) is 214 Å². The van der Waals surface area contributed by atoms with Gasteiger partial charge in [0.2, 0.25) is 0 Å². The molecule has 0 aliphatic carbocycles. The maximum atomic E-state index is 13.2. The SMILES string of the molecule is CC/C=C\C/C=C\C/C=C\C/C=C\C/C=C\C/C=C\CCCCCCCCCOCC(COC1OC(COC2OC(CO)C(O)C(O)C2O)C(O)C(O)C1O)OC(=O)CCCCCCCCCCCCCCC/C=C\C/C=C\CCCCCCC. The third kappa shape index (κ3) is 41.7. The van der Waals surface area contributed by atoms with Crippen LogP contribution in [0.3, 0.4) is 0 Å². The molecule has 2 fully saturated rings. The van der Waals surface area contributed by atoms with E-state index >= 15 is 0 Å². The molecular formula is C71H122O14. The minimum atomic E-state index is -1.72. The molecule has 14 heteroatoms. The predicted molar refractivity (Wildman–Crippen MR) is 344 cm³/mol. The highest BCUT2D eigenvalue weighted by Crippen LogP contribution is 2.27. The molecule has 0 spiro atoms. The molecule has 0 aromatic rings. The number of aliphatic hydroxyl groups excluding tert-OH is 7. The summed E-state index contributed by atoms with van der Waals surface area (Å²) in [6, 6.07) is 0. The van der Waals surface area contributed by atoms with Crippen molar-refractivity contribution in [3.63, 3.8) is 0 Å². The summed E-state index contributed by atoms with van der Waals surface area (Å²) in [5.74, 6) is -0.382. The average molecular weight is 1200 g/mol. The second kappa shape index (κ2) is 56.2. The van der Waals surface area contributed by atoms with Crippen LogP contribution in [0.1, 0.15) is 245 Å². The molecule has 2 heterocycles. The van der Waals surface area contributed by atoms with Gasteiger partial charge in [0.1, 0.15) is 54.9 Å². The Balaban J connectivity index is 1.67. The molecule has 11 unspecified atom stereocenters. The van der Waals surface area contributed by atoms with Crippen LogP contribution in [-0.2, 0) is 33.2 Å². The van der Waals surface area contributed by atoms with Gasteiger partial charge in [0.15, 0.2) is 12.6 Å². The van der Waals surface area contributed by atoms with Crippen molar-refractivity contribution in [1.29, 1.82) is 0 Å². The van der Waals surface area contributed by atoms with Gasteiger partial charge in [-0.25, -0.2) is 0 Å². The highest BCUT2D eigenvalue weighted by atomic mass is 16.7. The van der Waals surface area contributed by atoms with Crippen molar-refractivity contribution < 1.29 is 69.0 Å². The van der Waals surface area contributed by atoms with Crippen molar-refractivity contribution in [1.82, 2.24) is 0 Å². The van der Waals surface area contributed by atoms with Gasteiger partial charge in [-0.1, -0.05) is 239 Å². The molecule has 490 valence electrons. The molecule has 0 aromatic heterocycles. The van der Waals surface area contributed by atoms with E-state index in [1.54, 1.807) is 0 Å². The van der Waals surface area contributed by atoms with Crippen LogP contribution < -0.4 is 0 Å². The first-order valence-electron chi connectivity index (χ1n) is 33.8. The Kier molecular flexibility index (Phi) is 51.5. The molecule has 0 aromatic carbocycles. The van der Waals surface area contributed by atoms with Gasteiger partial charge in [-0.2, -0.15) is 0 Å². The second-order valence-corrected chi connectivity index (χ2v) is 23.3. The molecule has 0 radical (unpaired) electrons. The van der Waals surface area contributed by atoms with Crippen LogP contribution in [0, 0.1) is 0 Å². The van der Waals surface area contributed by atoms with E-state index < -0.39 is 80.7 Å². The lowest BCUT2D eigenvalue weighted by atomic mass is 9.98. The van der Waals surface area contributed by atoms with Crippen molar-refractivity contribution in [2.24, 2.45) is 0 Å². The zero-order valence-electron chi connectivity index (χ0n) is 53.1. The number of aliphatic hydroxyl groups is 7. The number of hydrogen-bond acceptors (Lipinski definition) is 14. The zero-order valence-corrected chi connectivity index (χ0v) is 53.1. The summed E-state index contributed by atoms with van der Waals surface area (Å²) < 4.78 is 34.5. The number of esters is 1. The smallest absolute Gasteiger partial charge is 0.306 e. The normalized spacial score (nSPS) is 23.8. The zero-order chi connectivity index (χ0) is 61.5. The molecule has 0 saturated carbocycles. The molecule has 2 rings (SSSR count). The van der Waals surface area contributed by atoms with Gasteiger partial charge < -0.3 is 64.2 Å². The Morgan fingerprint density at radius 1 is 0.400 bits per heavy atom. The number of carbonyl (C=O) groups excluding carboxylic acids is 1. The van der Waals surface area contributed by atoms with E-state index in [0.717, 1.165) is 96.3 Å². The molecule has 0 bridgehead atoms. The fourth-order valence-corrected chi connectivity index (χ4v) is 10.2. The van der Waals surface area contributed by atoms with Gasteiger partial charge in [0, 0.05) is 13.0 Å². The Morgan fingerprint density at radius 2 is 0.765 bits per heavy atom. The van der Waals surface area contributed by atoms with E-state index in [0.29, 0.717) is 13.0 Å². The van der Waals surface area contributed by atoms with Crippen LogP contribution in [0.5, 0.6) is 0 Å². The lowest BCUT2D eigenvalue weighted by Crippen LogP contribution is -2.61. The number of unbranched alkanes of at least 4 members (excludes halogenated alkanes) is 25. The van der Waals surface area contributed by atoms with Crippen LogP contribution in [0.25, 0.3) is 0 Å². The van der Waals surface area contributed by atoms with Gasteiger partial charge >= 0.3 is 5.97 Å². The van der Waals surface area contributed by atoms with Gasteiger partial charge in [0.05, 0.1) is 26.4 Å². The first-order valence-corrected chi connectivity index (χ1v) is 33.8. The molecule has 11 atom stereocenters. The van der Waals surface area contributed by atoms with Crippen LogP contribution in [-0.4, -0.2) is 142 Å². The highest BCUT2D eigenvalue weighted by Gasteiger charge is 2.47. The summed E-state index contributed by atoms with van der Waals surface area (Å²) in [7, 11) is 0. The molecule has 2 aliphatic heterocycles. The minimum absolute atomic E-state index is 0.0488. The summed E-state index contributed by atoms with van der Waals surface area (Å²) in [4.78, 5) is 13.2. The number of carbonyl (C=O) groups is 1. The Labute approximate surface area is 515 Å². The second-order valence-electron chi connectivity index (χ2n) is 23.3. The minimum Gasteiger partial charge on any atom is -0.457 e. The molecule has 2 saturated heterocycles. The van der Waals surface area contributed by atoms with Gasteiger partial charge in [-0.05, 0) is 96.3 Å². The average Bonchev–Trinajstić information content (AvgIpc) is 2.82. The summed E-state index contributed by atoms with van der Waals surface area (Å²) in [6.45, 7) is 3.55. The molecule has 14 nitrogen and oxygen atoms in total. The number of ether oxygens (including phenoxy) is 6. The van der Waals surface area contributed by atoms with E-state index in [-0.39, 0.29) is 25.6 Å². The molecule has 2 aliphatic rings. The van der Waals surface area contributed by atoms with Crippen LogP contribution in [0.4, 0.5) is 0 Å². The van der Waals surface area contributed by atoms with Gasteiger partial charge in [-0.3, -0.25) is 4.79 Å². The van der Waals surface area contributed by atoms with Gasteiger partial charge in [-0.15, -0.1) is 0 Å². The highest BCUT2D eigenvalue weighted by molar-refractivity contribution is 5.69. The van der Waals surface area contributed by atoms with Crippen LogP contribution in [0.15, 0.2) is 97.2 Å². The Bertz CT molecular complexity index is 1780. The van der Waals surface area contributed by atoms with Crippen LogP contribution in [0.2, 0.25) is 0 Å². The van der Waals surface area contributed by atoms with Crippen molar-refractivity contribution in [3.05, 3.63) is 97.2 Å².